The van der Waals surface area contributed by atoms with Crippen molar-refractivity contribution in [3.8, 4) is 11.6 Å². The van der Waals surface area contributed by atoms with Crippen molar-refractivity contribution in [2.75, 3.05) is 13.6 Å². The van der Waals surface area contributed by atoms with Gasteiger partial charge in [-0.25, -0.2) is 4.98 Å². The highest BCUT2D eigenvalue weighted by Gasteiger charge is 2.37. The number of nitrogens with zero attached hydrogens (tertiary/aromatic N) is 4. The zero-order chi connectivity index (χ0) is 22.5. The Hall–Kier alpha value is -3.38. The van der Waals surface area contributed by atoms with Gasteiger partial charge in [-0.1, -0.05) is 30.3 Å². The van der Waals surface area contributed by atoms with Crippen molar-refractivity contribution in [1.82, 2.24) is 19.0 Å². The molecule has 0 radical (unpaired) electrons. The molecule has 0 saturated carbocycles. The number of aryl methyl sites for hydroxylation is 1. The fraction of sp³-hybridized carbons (Fsp3) is 0.333. The molecule has 2 bridgehead atoms. The minimum Gasteiger partial charge on any atom is -0.489 e. The van der Waals surface area contributed by atoms with E-state index >= 15 is 0 Å². The van der Waals surface area contributed by atoms with Crippen LogP contribution in [0.4, 0.5) is 0 Å². The summed E-state index contributed by atoms with van der Waals surface area (Å²) in [5.74, 6) is 1.98. The molecule has 1 aliphatic heterocycles. The summed E-state index contributed by atoms with van der Waals surface area (Å²) >= 11 is 0. The number of aromatic nitrogens is 3. The van der Waals surface area contributed by atoms with Gasteiger partial charge in [-0.15, -0.1) is 0 Å². The lowest BCUT2D eigenvalue weighted by Gasteiger charge is -2.21. The van der Waals surface area contributed by atoms with Crippen LogP contribution in [0.25, 0.3) is 16.9 Å². The molecule has 33 heavy (non-hydrogen) atoms. The highest BCUT2D eigenvalue weighted by Crippen LogP contribution is 2.44. The van der Waals surface area contributed by atoms with Crippen molar-refractivity contribution in [2.24, 2.45) is 13.0 Å². The molecule has 0 N–H and O–H groups in total. The quantitative estimate of drug-likeness (QED) is 0.476. The Bertz CT molecular complexity index is 1390. The van der Waals surface area contributed by atoms with Crippen molar-refractivity contribution in [1.29, 1.82) is 0 Å². The van der Waals surface area contributed by atoms with Gasteiger partial charge >= 0.3 is 0 Å². The Morgan fingerprint density at radius 1 is 1.09 bits per heavy atom. The lowest BCUT2D eigenvalue weighted by molar-refractivity contribution is 0.305. The van der Waals surface area contributed by atoms with Gasteiger partial charge < -0.3 is 9.30 Å². The third-order valence-corrected chi connectivity index (χ3v) is 7.33. The number of rotatable bonds is 4. The summed E-state index contributed by atoms with van der Waals surface area (Å²) in [5, 5.41) is 1.21. The maximum atomic E-state index is 12.9. The summed E-state index contributed by atoms with van der Waals surface area (Å²) in [7, 11) is 4.35. The highest BCUT2D eigenvalue weighted by molar-refractivity contribution is 5.84. The first-order valence-corrected chi connectivity index (χ1v) is 11.7. The molecular formula is C27H28N4O2. The van der Waals surface area contributed by atoms with E-state index in [1.165, 1.54) is 42.1 Å². The predicted molar refractivity (Wildman–Crippen MR) is 129 cm³/mol. The standard InChI is InChI=1S/C27H28N4O2/c1-29-16-19-8-10-22-26(23(29)14-19)21-9-11-24(28-27(21)30(22)2)31-13-12-20(15-25(31)32)33-17-18-6-4-3-5-7-18/h3-7,9,11-13,15,19,23H,8,10,14,16-17H2,1-2H3. The average molecular weight is 441 g/mol. The third kappa shape index (κ3) is 3.45. The Balaban J connectivity index is 1.33. The SMILES string of the molecule is CN1CC2CCc3c(c4ccc(-n5ccc(OCc6ccccc6)cc5=O)nc4n3C)C1C2. The normalized spacial score (nSPS) is 20.1. The molecule has 2 atom stereocenters. The first-order valence-electron chi connectivity index (χ1n) is 11.7. The second-order valence-electron chi connectivity index (χ2n) is 9.40. The number of pyridine rings is 2. The lowest BCUT2D eigenvalue weighted by Crippen LogP contribution is -2.21. The summed E-state index contributed by atoms with van der Waals surface area (Å²) in [6.45, 7) is 1.61. The van der Waals surface area contributed by atoms with Crippen LogP contribution < -0.4 is 10.3 Å². The number of benzene rings is 1. The van der Waals surface area contributed by atoms with Crippen molar-refractivity contribution >= 4 is 11.0 Å². The lowest BCUT2D eigenvalue weighted by atomic mass is 10.0. The topological polar surface area (TPSA) is 52.3 Å². The Labute approximate surface area is 193 Å². The van der Waals surface area contributed by atoms with E-state index < -0.39 is 0 Å². The van der Waals surface area contributed by atoms with E-state index in [2.05, 4.69) is 29.6 Å². The third-order valence-electron chi connectivity index (χ3n) is 7.33. The molecule has 1 fully saturated rings. The molecule has 1 aromatic carbocycles. The number of likely N-dealkylation sites (tertiary alicyclic amines) is 1. The number of fused-ring (bicyclic) bond motifs is 6. The Morgan fingerprint density at radius 2 is 1.94 bits per heavy atom. The van der Waals surface area contributed by atoms with Crippen LogP contribution in [0.5, 0.6) is 5.75 Å². The van der Waals surface area contributed by atoms with Gasteiger partial charge in [0.05, 0.1) is 0 Å². The van der Waals surface area contributed by atoms with Gasteiger partial charge in [0, 0.05) is 43.0 Å². The molecule has 0 spiro atoms. The summed E-state index contributed by atoms with van der Waals surface area (Å²) in [4.78, 5) is 20.3. The minimum absolute atomic E-state index is 0.151. The fourth-order valence-corrected chi connectivity index (χ4v) is 5.65. The maximum absolute atomic E-state index is 12.9. The van der Waals surface area contributed by atoms with E-state index in [4.69, 9.17) is 9.72 Å². The fourth-order valence-electron chi connectivity index (χ4n) is 5.65. The summed E-state index contributed by atoms with van der Waals surface area (Å²) in [6, 6.07) is 17.9. The molecule has 2 aliphatic rings. The smallest absolute Gasteiger partial charge is 0.259 e. The molecule has 168 valence electrons. The number of hydrogen-bond donors (Lipinski definition) is 0. The van der Waals surface area contributed by atoms with E-state index in [0.717, 1.165) is 23.5 Å². The zero-order valence-electron chi connectivity index (χ0n) is 19.1. The molecule has 3 aromatic heterocycles. The molecule has 4 aromatic rings. The predicted octanol–water partition coefficient (Wildman–Crippen LogP) is 4.24. The summed E-state index contributed by atoms with van der Waals surface area (Å²) in [6.07, 6.45) is 5.31. The molecule has 1 aliphatic carbocycles. The monoisotopic (exact) mass is 440 g/mol. The van der Waals surface area contributed by atoms with Gasteiger partial charge in [0.15, 0.2) is 0 Å². The second-order valence-corrected chi connectivity index (χ2v) is 9.40. The average Bonchev–Trinajstić information content (AvgIpc) is 3.24. The highest BCUT2D eigenvalue weighted by atomic mass is 16.5. The molecule has 4 heterocycles. The van der Waals surface area contributed by atoms with E-state index in [1.807, 2.05) is 42.5 Å². The van der Waals surface area contributed by atoms with E-state index in [-0.39, 0.29) is 5.56 Å². The van der Waals surface area contributed by atoms with Crippen molar-refractivity contribution < 1.29 is 4.74 Å². The Morgan fingerprint density at radius 3 is 2.76 bits per heavy atom. The first kappa shape index (κ1) is 20.2. The van der Waals surface area contributed by atoms with Crippen molar-refractivity contribution in [3.63, 3.8) is 0 Å². The first-order chi connectivity index (χ1) is 16.1. The van der Waals surface area contributed by atoms with Crippen LogP contribution in [0, 0.1) is 5.92 Å². The number of hydrogen-bond acceptors (Lipinski definition) is 4. The Kier molecular flexibility index (Phi) is 4.84. The number of ether oxygens (including phenoxy) is 1. The van der Waals surface area contributed by atoms with Gasteiger partial charge in [0.25, 0.3) is 5.56 Å². The van der Waals surface area contributed by atoms with Crippen LogP contribution >= 0.6 is 0 Å². The van der Waals surface area contributed by atoms with Gasteiger partial charge in [-0.3, -0.25) is 14.3 Å². The molecule has 0 amide bonds. The van der Waals surface area contributed by atoms with Crippen LogP contribution in [0.3, 0.4) is 0 Å². The molecule has 6 heteroatoms. The second kappa shape index (κ2) is 7.89. The molecule has 6 rings (SSSR count). The van der Waals surface area contributed by atoms with Crippen LogP contribution in [0.2, 0.25) is 0 Å². The van der Waals surface area contributed by atoms with Crippen LogP contribution in [-0.2, 0) is 20.1 Å². The van der Waals surface area contributed by atoms with Gasteiger partial charge in [-0.05, 0) is 61.6 Å². The van der Waals surface area contributed by atoms with Crippen LogP contribution in [-0.4, -0.2) is 32.6 Å². The minimum atomic E-state index is -0.151. The van der Waals surface area contributed by atoms with Gasteiger partial charge in [0.2, 0.25) is 0 Å². The summed E-state index contributed by atoms with van der Waals surface area (Å²) in [5.41, 5.74) is 4.70. The van der Waals surface area contributed by atoms with E-state index in [0.29, 0.717) is 24.2 Å². The van der Waals surface area contributed by atoms with Crippen LogP contribution in [0.1, 0.15) is 35.7 Å². The van der Waals surface area contributed by atoms with E-state index in [9.17, 15) is 4.79 Å². The van der Waals surface area contributed by atoms with Crippen molar-refractivity contribution in [3.05, 3.63) is 88.0 Å². The van der Waals surface area contributed by atoms with Gasteiger partial charge in [-0.2, -0.15) is 0 Å². The largest absolute Gasteiger partial charge is 0.489 e. The maximum Gasteiger partial charge on any atom is 0.259 e. The van der Waals surface area contributed by atoms with Gasteiger partial charge in [0.1, 0.15) is 23.8 Å². The molecule has 6 nitrogen and oxygen atoms in total. The molecular weight excluding hydrogens is 412 g/mol. The summed E-state index contributed by atoms with van der Waals surface area (Å²) < 4.78 is 9.64. The molecule has 1 saturated heterocycles. The zero-order valence-corrected chi connectivity index (χ0v) is 19.1. The van der Waals surface area contributed by atoms with E-state index in [1.54, 1.807) is 10.8 Å². The van der Waals surface area contributed by atoms with Crippen molar-refractivity contribution in [2.45, 2.75) is 31.9 Å². The van der Waals surface area contributed by atoms with Crippen LogP contribution in [0.15, 0.2) is 65.6 Å². The molecule has 2 unspecified atom stereocenters.